The molecule has 0 spiro atoms. The van der Waals surface area contributed by atoms with Crippen molar-refractivity contribution in [2.24, 2.45) is 0 Å². The molecule has 0 saturated carbocycles. The highest BCUT2D eigenvalue weighted by Gasteiger charge is 2.22. The standard InChI is InChI=1S/C55H81NO20/c1-48-9-8-14-51(39-48)56(40-52(44-71-42-49-10-4-2-5-11-49)73-35-31-65-27-23-61-19-21-63-25-29-67-33-37-75-54(59)15-17-69-46-57)41-53(45-72-43-50-12-6-3-7-13-50)74-36-32-66-28-24-62-20-22-64-26-30-68-34-38-76-55(60)16-18-70-47-58/h2-14,39,46-47,52-53H,15-38,40-45H2,1H3. The second-order valence-corrected chi connectivity index (χ2v) is 16.5. The summed E-state index contributed by atoms with van der Waals surface area (Å²) in [7, 11) is 0. The van der Waals surface area contributed by atoms with Crippen molar-refractivity contribution >= 4 is 30.6 Å². The Bertz CT molecular complexity index is 1740. The van der Waals surface area contributed by atoms with Crippen LogP contribution >= 0.6 is 0 Å². The second kappa shape index (κ2) is 47.1. The van der Waals surface area contributed by atoms with Crippen LogP contribution in [0.2, 0.25) is 0 Å². The van der Waals surface area contributed by atoms with Crippen LogP contribution < -0.4 is 4.90 Å². The van der Waals surface area contributed by atoms with Gasteiger partial charge in [-0.2, -0.15) is 0 Å². The first-order chi connectivity index (χ1) is 37.5. The van der Waals surface area contributed by atoms with Crippen LogP contribution in [0.15, 0.2) is 84.9 Å². The van der Waals surface area contributed by atoms with E-state index in [0.717, 1.165) is 22.4 Å². The smallest absolute Gasteiger partial charge is 0.309 e. The topological polar surface area (TPSA) is 219 Å². The van der Waals surface area contributed by atoms with E-state index >= 15 is 0 Å². The van der Waals surface area contributed by atoms with Gasteiger partial charge in [0.1, 0.15) is 26.4 Å². The summed E-state index contributed by atoms with van der Waals surface area (Å²) >= 11 is 0. The van der Waals surface area contributed by atoms with Crippen molar-refractivity contribution in [2.75, 3.05) is 177 Å². The molecule has 0 aliphatic carbocycles. The first-order valence-corrected chi connectivity index (χ1v) is 25.8. The minimum atomic E-state index is -0.460. The van der Waals surface area contributed by atoms with Gasteiger partial charge >= 0.3 is 11.9 Å². The lowest BCUT2D eigenvalue weighted by atomic mass is 10.1. The monoisotopic (exact) mass is 1080 g/mol. The van der Waals surface area contributed by atoms with E-state index in [2.05, 4.69) is 39.5 Å². The molecule has 0 aliphatic heterocycles. The van der Waals surface area contributed by atoms with Crippen molar-refractivity contribution in [1.29, 1.82) is 0 Å². The van der Waals surface area contributed by atoms with Crippen LogP contribution in [-0.2, 0) is 108 Å². The van der Waals surface area contributed by atoms with Gasteiger partial charge in [0, 0.05) is 18.8 Å². The number of nitrogens with zero attached hydrogens (tertiary/aromatic N) is 1. The largest absolute Gasteiger partial charge is 0.467 e. The Kier molecular flexibility index (Phi) is 40.4. The fraction of sp³-hybridized carbons (Fsp3) is 0.600. The molecule has 3 rings (SSSR count). The van der Waals surface area contributed by atoms with Crippen LogP contribution in [0.25, 0.3) is 0 Å². The molecule has 0 bridgehead atoms. The highest BCUT2D eigenvalue weighted by Crippen LogP contribution is 2.19. The number of hydrogen-bond donors (Lipinski definition) is 0. The van der Waals surface area contributed by atoms with Gasteiger partial charge < -0.3 is 80.7 Å². The summed E-state index contributed by atoms with van der Waals surface area (Å²) in [5.74, 6) is -0.921. The molecule has 3 aromatic rings. The Morgan fingerprint density at radius 3 is 1.13 bits per heavy atom. The fourth-order valence-electron chi connectivity index (χ4n) is 6.70. The molecule has 2 atom stereocenters. The molecule has 0 saturated heterocycles. The summed E-state index contributed by atoms with van der Waals surface area (Å²) in [6, 6.07) is 28.4. The van der Waals surface area contributed by atoms with E-state index < -0.39 is 11.9 Å². The maximum atomic E-state index is 11.5. The maximum Gasteiger partial charge on any atom is 0.309 e. The lowest BCUT2D eigenvalue weighted by Gasteiger charge is -2.33. The van der Waals surface area contributed by atoms with Gasteiger partial charge in [-0.3, -0.25) is 19.2 Å². The second-order valence-electron chi connectivity index (χ2n) is 16.5. The quantitative estimate of drug-likeness (QED) is 0.0332. The first kappa shape index (κ1) is 65.1. The summed E-state index contributed by atoms with van der Waals surface area (Å²) in [5.41, 5.74) is 4.26. The molecule has 2 unspecified atom stereocenters. The van der Waals surface area contributed by atoms with Gasteiger partial charge in [0.2, 0.25) is 0 Å². The summed E-state index contributed by atoms with van der Waals surface area (Å²) in [6.07, 6.45) is -0.648. The van der Waals surface area contributed by atoms with Gasteiger partial charge in [-0.15, -0.1) is 0 Å². The lowest BCUT2D eigenvalue weighted by molar-refractivity contribution is -0.148. The summed E-state index contributed by atoms with van der Waals surface area (Å²) < 4.78 is 89.3. The zero-order chi connectivity index (χ0) is 54.0. The molecule has 0 heterocycles. The average molecular weight is 1080 g/mol. The number of esters is 2. The third-order valence-electron chi connectivity index (χ3n) is 10.4. The van der Waals surface area contributed by atoms with Gasteiger partial charge in [0.05, 0.1) is 170 Å². The molecule has 3 aromatic carbocycles. The number of aryl methyl sites for hydroxylation is 1. The Morgan fingerprint density at radius 2 is 0.776 bits per heavy atom. The first-order valence-electron chi connectivity index (χ1n) is 25.8. The van der Waals surface area contributed by atoms with Crippen molar-refractivity contribution in [2.45, 2.75) is 45.2 Å². The molecule has 0 fully saturated rings. The van der Waals surface area contributed by atoms with E-state index in [-0.39, 0.29) is 77.6 Å². The number of benzene rings is 3. The number of ether oxygens (including phenoxy) is 16. The van der Waals surface area contributed by atoms with Crippen molar-refractivity contribution in [3.05, 3.63) is 102 Å². The zero-order valence-corrected chi connectivity index (χ0v) is 44.2. The van der Waals surface area contributed by atoms with Crippen LogP contribution in [-0.4, -0.2) is 209 Å². The highest BCUT2D eigenvalue weighted by atomic mass is 16.6. The van der Waals surface area contributed by atoms with E-state index in [0.29, 0.717) is 145 Å². The summed E-state index contributed by atoms with van der Waals surface area (Å²) in [6.45, 7) is 11.8. The van der Waals surface area contributed by atoms with Crippen LogP contribution in [0.1, 0.15) is 29.5 Å². The van der Waals surface area contributed by atoms with E-state index in [1.54, 1.807) is 0 Å². The summed E-state index contributed by atoms with van der Waals surface area (Å²) in [4.78, 5) is 45.5. The predicted molar refractivity (Wildman–Crippen MR) is 277 cm³/mol. The van der Waals surface area contributed by atoms with E-state index in [1.165, 1.54) is 0 Å². The number of rotatable bonds is 53. The summed E-state index contributed by atoms with van der Waals surface area (Å²) in [5, 5.41) is 0. The Balaban J connectivity index is 1.42. The lowest BCUT2D eigenvalue weighted by Crippen LogP contribution is -2.43. The Morgan fingerprint density at radius 1 is 0.421 bits per heavy atom. The van der Waals surface area contributed by atoms with Crippen LogP contribution in [0.4, 0.5) is 5.69 Å². The van der Waals surface area contributed by atoms with E-state index in [9.17, 15) is 19.2 Å². The van der Waals surface area contributed by atoms with E-state index in [4.69, 9.17) is 66.3 Å². The van der Waals surface area contributed by atoms with Crippen molar-refractivity contribution in [1.82, 2.24) is 0 Å². The van der Waals surface area contributed by atoms with Crippen molar-refractivity contribution < 1.29 is 95.0 Å². The molecular weight excluding hydrogens is 995 g/mol. The number of carbonyl (C=O) groups is 4. The number of carbonyl (C=O) groups excluding carboxylic acids is 4. The molecule has 0 aliphatic rings. The SMILES string of the molecule is Cc1cccc(N(CC(COCc2ccccc2)OCCOCCOCCOCCOCCOC(=O)CCOC=O)CC(COCc2ccccc2)OCCOCCOCCOCCOCCOC(=O)CCOC=O)c1. The third-order valence-corrected chi connectivity index (χ3v) is 10.4. The van der Waals surface area contributed by atoms with Crippen LogP contribution in [0.5, 0.6) is 0 Å². The van der Waals surface area contributed by atoms with Gasteiger partial charge in [0.25, 0.3) is 12.9 Å². The minimum absolute atomic E-state index is 0.00104. The molecule has 76 heavy (non-hydrogen) atoms. The van der Waals surface area contributed by atoms with E-state index in [1.807, 2.05) is 66.7 Å². The van der Waals surface area contributed by atoms with Gasteiger partial charge in [0.15, 0.2) is 0 Å². The highest BCUT2D eigenvalue weighted by molar-refractivity contribution is 5.70. The van der Waals surface area contributed by atoms with Crippen LogP contribution in [0.3, 0.4) is 0 Å². The Hall–Kier alpha value is -5.14. The molecule has 21 heteroatoms. The molecule has 0 aromatic heterocycles. The molecule has 21 nitrogen and oxygen atoms in total. The number of anilines is 1. The Labute approximate surface area is 447 Å². The molecule has 0 amide bonds. The van der Waals surface area contributed by atoms with Gasteiger partial charge in [-0.1, -0.05) is 72.8 Å². The predicted octanol–water partition coefficient (Wildman–Crippen LogP) is 4.35. The van der Waals surface area contributed by atoms with Crippen molar-refractivity contribution in [3.63, 3.8) is 0 Å². The molecule has 0 radical (unpaired) electrons. The number of hydrogen-bond acceptors (Lipinski definition) is 21. The molecule has 0 N–H and O–H groups in total. The van der Waals surface area contributed by atoms with Gasteiger partial charge in [-0.05, 0) is 35.7 Å². The van der Waals surface area contributed by atoms with Gasteiger partial charge in [-0.25, -0.2) is 0 Å². The average Bonchev–Trinajstić information content (AvgIpc) is 3.43. The maximum absolute atomic E-state index is 11.5. The third kappa shape index (κ3) is 36.8. The molecular formula is C55H81NO20. The van der Waals surface area contributed by atoms with Crippen molar-refractivity contribution in [3.8, 4) is 0 Å². The minimum Gasteiger partial charge on any atom is -0.467 e. The molecule has 426 valence electrons. The zero-order valence-electron chi connectivity index (χ0n) is 44.2. The fourth-order valence-corrected chi connectivity index (χ4v) is 6.70. The van der Waals surface area contributed by atoms with Crippen LogP contribution in [0, 0.1) is 6.92 Å². The normalized spacial score (nSPS) is 12.0.